The summed E-state index contributed by atoms with van der Waals surface area (Å²) in [5.74, 6) is 0.102. The second kappa shape index (κ2) is 6.22. The second-order valence-corrected chi connectivity index (χ2v) is 5.32. The van der Waals surface area contributed by atoms with Gasteiger partial charge in [0, 0.05) is 10.4 Å². The first-order chi connectivity index (χ1) is 11.1. The first-order valence-electron chi connectivity index (χ1n) is 7.11. The Hall–Kier alpha value is -2.66. The van der Waals surface area contributed by atoms with Crippen LogP contribution in [0.15, 0.2) is 51.7 Å². The van der Waals surface area contributed by atoms with Crippen molar-refractivity contribution in [3.63, 3.8) is 0 Å². The molecular formula is C17H15ClN2O3. The minimum atomic E-state index is -0.557. The zero-order chi connectivity index (χ0) is 16.4. The van der Waals surface area contributed by atoms with Gasteiger partial charge < -0.3 is 20.2 Å². The van der Waals surface area contributed by atoms with Crippen LogP contribution in [-0.2, 0) is 0 Å². The van der Waals surface area contributed by atoms with E-state index in [0.717, 1.165) is 0 Å². The van der Waals surface area contributed by atoms with Crippen molar-refractivity contribution in [3.05, 3.63) is 57.9 Å². The van der Waals surface area contributed by atoms with E-state index in [2.05, 4.69) is 5.32 Å². The number of para-hydroxylation sites is 2. The Morgan fingerprint density at radius 3 is 2.78 bits per heavy atom. The Morgan fingerprint density at radius 1 is 1.26 bits per heavy atom. The van der Waals surface area contributed by atoms with Crippen molar-refractivity contribution in [2.75, 3.05) is 17.7 Å². The van der Waals surface area contributed by atoms with Gasteiger partial charge in [-0.2, -0.15) is 0 Å². The van der Waals surface area contributed by atoms with Crippen molar-refractivity contribution in [3.8, 4) is 5.75 Å². The molecule has 118 valence electrons. The van der Waals surface area contributed by atoms with Crippen LogP contribution >= 0.6 is 11.6 Å². The molecule has 6 heteroatoms. The SMILES string of the molecule is CCOc1c(Nc2ccccc2N)c2cc(Cl)ccc2oc1=O. The summed E-state index contributed by atoms with van der Waals surface area (Å²) in [6.45, 7) is 2.12. The van der Waals surface area contributed by atoms with Crippen molar-refractivity contribution in [1.29, 1.82) is 0 Å². The quantitative estimate of drug-likeness (QED) is 0.554. The first-order valence-corrected chi connectivity index (χ1v) is 7.48. The van der Waals surface area contributed by atoms with Gasteiger partial charge in [-0.05, 0) is 37.3 Å². The highest BCUT2D eigenvalue weighted by molar-refractivity contribution is 6.31. The fourth-order valence-corrected chi connectivity index (χ4v) is 2.47. The van der Waals surface area contributed by atoms with Gasteiger partial charge in [-0.15, -0.1) is 0 Å². The molecule has 5 nitrogen and oxygen atoms in total. The van der Waals surface area contributed by atoms with E-state index in [1.54, 1.807) is 31.2 Å². The van der Waals surface area contributed by atoms with Crippen LogP contribution in [0.1, 0.15) is 6.92 Å². The number of hydrogen-bond donors (Lipinski definition) is 2. The lowest BCUT2D eigenvalue weighted by Crippen LogP contribution is -2.10. The van der Waals surface area contributed by atoms with Gasteiger partial charge in [-0.3, -0.25) is 0 Å². The normalized spacial score (nSPS) is 10.7. The largest absolute Gasteiger partial charge is 0.485 e. The monoisotopic (exact) mass is 330 g/mol. The van der Waals surface area contributed by atoms with E-state index in [-0.39, 0.29) is 5.75 Å². The van der Waals surface area contributed by atoms with E-state index in [1.807, 2.05) is 18.2 Å². The maximum Gasteiger partial charge on any atom is 0.381 e. The Kier molecular flexibility index (Phi) is 4.12. The molecule has 3 N–H and O–H groups in total. The van der Waals surface area contributed by atoms with E-state index in [1.165, 1.54) is 0 Å². The third kappa shape index (κ3) is 2.96. The van der Waals surface area contributed by atoms with Crippen LogP contribution in [-0.4, -0.2) is 6.61 Å². The molecule has 3 aromatic rings. The molecule has 0 radical (unpaired) electrons. The van der Waals surface area contributed by atoms with E-state index < -0.39 is 5.63 Å². The Bertz CT molecular complexity index is 921. The summed E-state index contributed by atoms with van der Waals surface area (Å²) in [4.78, 5) is 12.2. The smallest absolute Gasteiger partial charge is 0.381 e. The van der Waals surface area contributed by atoms with Gasteiger partial charge in [0.15, 0.2) is 0 Å². The van der Waals surface area contributed by atoms with Gasteiger partial charge >= 0.3 is 5.63 Å². The molecule has 0 aliphatic carbocycles. The molecule has 1 heterocycles. The summed E-state index contributed by atoms with van der Waals surface area (Å²) in [6, 6.07) is 12.3. The molecule has 0 saturated carbocycles. The number of fused-ring (bicyclic) bond motifs is 1. The average molecular weight is 331 g/mol. The number of benzene rings is 2. The highest BCUT2D eigenvalue weighted by Crippen LogP contribution is 2.35. The van der Waals surface area contributed by atoms with Crippen molar-refractivity contribution < 1.29 is 9.15 Å². The summed E-state index contributed by atoms with van der Waals surface area (Å²) in [6.07, 6.45) is 0. The number of nitrogen functional groups attached to an aromatic ring is 1. The number of nitrogens with one attached hydrogen (secondary N) is 1. The molecule has 0 aliphatic rings. The van der Waals surface area contributed by atoms with Crippen LogP contribution in [0.4, 0.5) is 17.1 Å². The fourth-order valence-electron chi connectivity index (χ4n) is 2.30. The minimum Gasteiger partial charge on any atom is -0.485 e. The number of halogens is 1. The van der Waals surface area contributed by atoms with E-state index in [9.17, 15) is 4.79 Å². The molecule has 2 aromatic carbocycles. The molecule has 1 aromatic heterocycles. The fraction of sp³-hybridized carbons (Fsp3) is 0.118. The molecule has 0 spiro atoms. The molecule has 0 atom stereocenters. The van der Waals surface area contributed by atoms with E-state index in [4.69, 9.17) is 26.5 Å². The predicted octanol–water partition coefficient (Wildman–Crippen LogP) is 4.17. The number of nitrogens with two attached hydrogens (primary N) is 1. The van der Waals surface area contributed by atoms with Gasteiger partial charge in [0.25, 0.3) is 0 Å². The number of rotatable bonds is 4. The Balaban J connectivity index is 2.26. The molecule has 0 amide bonds. The minimum absolute atomic E-state index is 0.102. The number of ether oxygens (including phenoxy) is 1. The van der Waals surface area contributed by atoms with Crippen LogP contribution in [0, 0.1) is 0 Å². The third-order valence-electron chi connectivity index (χ3n) is 3.34. The van der Waals surface area contributed by atoms with Gasteiger partial charge in [0.05, 0.1) is 18.0 Å². The lowest BCUT2D eigenvalue weighted by molar-refractivity contribution is 0.324. The van der Waals surface area contributed by atoms with Crippen molar-refractivity contribution in [2.24, 2.45) is 0 Å². The molecule has 23 heavy (non-hydrogen) atoms. The highest BCUT2D eigenvalue weighted by Gasteiger charge is 2.17. The van der Waals surface area contributed by atoms with Gasteiger partial charge in [-0.1, -0.05) is 23.7 Å². The maximum atomic E-state index is 12.2. The van der Waals surface area contributed by atoms with Gasteiger partial charge in [0.2, 0.25) is 5.75 Å². The average Bonchev–Trinajstić information content (AvgIpc) is 2.53. The summed E-state index contributed by atoms with van der Waals surface area (Å²) < 4.78 is 10.8. The third-order valence-corrected chi connectivity index (χ3v) is 3.57. The summed E-state index contributed by atoms with van der Waals surface area (Å²) in [5.41, 5.74) is 7.54. The Labute approximate surface area is 137 Å². The summed E-state index contributed by atoms with van der Waals surface area (Å²) >= 11 is 6.08. The number of anilines is 3. The van der Waals surface area contributed by atoms with Crippen molar-refractivity contribution in [1.82, 2.24) is 0 Å². The van der Waals surface area contributed by atoms with E-state index >= 15 is 0 Å². The van der Waals surface area contributed by atoms with Gasteiger partial charge in [-0.25, -0.2) is 4.79 Å². The van der Waals surface area contributed by atoms with Crippen LogP contribution < -0.4 is 21.4 Å². The molecule has 0 fully saturated rings. The van der Waals surface area contributed by atoms with Gasteiger partial charge in [0.1, 0.15) is 11.3 Å². The lowest BCUT2D eigenvalue weighted by atomic mass is 10.1. The van der Waals surface area contributed by atoms with Crippen molar-refractivity contribution in [2.45, 2.75) is 6.92 Å². The van der Waals surface area contributed by atoms with Crippen LogP contribution in [0.3, 0.4) is 0 Å². The second-order valence-electron chi connectivity index (χ2n) is 4.88. The summed E-state index contributed by atoms with van der Waals surface area (Å²) in [7, 11) is 0. The standard InChI is InChI=1S/C17H15ClN2O3/c1-2-22-16-15(20-13-6-4-3-5-12(13)19)11-9-10(18)7-8-14(11)23-17(16)21/h3-9,20H,2,19H2,1H3. The van der Waals surface area contributed by atoms with Crippen LogP contribution in [0.5, 0.6) is 5.75 Å². The molecule has 3 rings (SSSR count). The molecule has 0 unspecified atom stereocenters. The molecule has 0 aliphatic heterocycles. The number of hydrogen-bond acceptors (Lipinski definition) is 5. The lowest BCUT2D eigenvalue weighted by Gasteiger charge is -2.15. The zero-order valence-electron chi connectivity index (χ0n) is 12.4. The summed E-state index contributed by atoms with van der Waals surface area (Å²) in [5, 5.41) is 4.34. The molecule has 0 saturated heterocycles. The van der Waals surface area contributed by atoms with E-state index in [0.29, 0.717) is 39.7 Å². The first kappa shape index (κ1) is 15.2. The Morgan fingerprint density at radius 2 is 2.04 bits per heavy atom. The van der Waals surface area contributed by atoms with Crippen LogP contribution in [0.2, 0.25) is 5.02 Å². The highest BCUT2D eigenvalue weighted by atomic mass is 35.5. The van der Waals surface area contributed by atoms with Crippen LogP contribution in [0.25, 0.3) is 11.0 Å². The topological polar surface area (TPSA) is 77.5 Å². The zero-order valence-corrected chi connectivity index (χ0v) is 13.2. The molecular weight excluding hydrogens is 316 g/mol. The van der Waals surface area contributed by atoms with Crippen molar-refractivity contribution >= 4 is 39.6 Å². The maximum absolute atomic E-state index is 12.2. The molecule has 0 bridgehead atoms. The predicted molar refractivity (Wildman–Crippen MR) is 92.8 cm³/mol.